The summed E-state index contributed by atoms with van der Waals surface area (Å²) >= 11 is 16.0. The third-order valence-corrected chi connectivity index (χ3v) is 8.07. The molecule has 0 saturated carbocycles. The SMILES string of the molecule is CCCC(=O)NCc1nc(-c2ccc(Br)cc2)c(-c2ccc(Cl)cc2Cl)cc1CNC(=O)c1ccc(SC(F)(F)F)cc1. The molecule has 0 unspecified atom stereocenters. The van der Waals surface area contributed by atoms with Crippen molar-refractivity contribution in [1.29, 1.82) is 0 Å². The number of carbonyl (C=O) groups excluding carboxylic acids is 2. The number of hydrogen-bond acceptors (Lipinski definition) is 4. The summed E-state index contributed by atoms with van der Waals surface area (Å²) in [5.74, 6) is -0.612. The first kappa shape index (κ1) is 32.9. The normalized spacial score (nSPS) is 11.3. The lowest BCUT2D eigenvalue weighted by atomic mass is 9.96. The standard InChI is InChI=1S/C31H25BrCl2F3N3O2S/c1-2-3-28(41)38-17-27-20(16-39-30(42)19-6-11-23(12-7-19)43-31(35,36)37)14-25(24-13-10-22(33)15-26(24)34)29(40-27)18-4-8-21(32)9-5-18/h4-15H,2-3,16-17H2,1H3,(H,38,41)(H,39,42). The van der Waals surface area contributed by atoms with Crippen LogP contribution >= 0.6 is 50.9 Å². The minimum absolute atomic E-state index is 0.0219. The maximum atomic E-state index is 13.0. The van der Waals surface area contributed by atoms with E-state index in [1.54, 1.807) is 18.2 Å². The van der Waals surface area contributed by atoms with Gasteiger partial charge in [0.25, 0.3) is 5.91 Å². The molecule has 1 aromatic heterocycles. The van der Waals surface area contributed by atoms with Crippen LogP contribution in [0.2, 0.25) is 10.0 Å². The van der Waals surface area contributed by atoms with E-state index >= 15 is 0 Å². The number of carbonyl (C=O) groups is 2. The summed E-state index contributed by atoms with van der Waals surface area (Å²) in [5, 5.41) is 6.59. The van der Waals surface area contributed by atoms with Gasteiger partial charge in [-0.25, -0.2) is 4.98 Å². The molecule has 3 aromatic carbocycles. The fourth-order valence-electron chi connectivity index (χ4n) is 4.22. The average Bonchev–Trinajstić information content (AvgIpc) is 2.95. The molecule has 0 aliphatic heterocycles. The van der Waals surface area contributed by atoms with Crippen LogP contribution in [0.15, 0.2) is 82.2 Å². The highest BCUT2D eigenvalue weighted by molar-refractivity contribution is 9.10. The number of rotatable bonds is 10. The number of nitrogens with zero attached hydrogens (tertiary/aromatic N) is 1. The summed E-state index contributed by atoms with van der Waals surface area (Å²) < 4.78 is 39.0. The van der Waals surface area contributed by atoms with E-state index in [4.69, 9.17) is 28.2 Å². The summed E-state index contributed by atoms with van der Waals surface area (Å²) in [5.41, 5.74) is -0.294. The highest BCUT2D eigenvalue weighted by Crippen LogP contribution is 2.38. The van der Waals surface area contributed by atoms with E-state index in [0.29, 0.717) is 51.0 Å². The number of halogens is 6. The smallest absolute Gasteiger partial charge is 0.350 e. The Kier molecular flexibility index (Phi) is 11.2. The second-order valence-electron chi connectivity index (χ2n) is 9.40. The lowest BCUT2D eigenvalue weighted by Gasteiger charge is -2.18. The van der Waals surface area contributed by atoms with Crippen LogP contribution in [0, 0.1) is 0 Å². The number of alkyl halides is 3. The Morgan fingerprint density at radius 3 is 2.23 bits per heavy atom. The largest absolute Gasteiger partial charge is 0.446 e. The maximum Gasteiger partial charge on any atom is 0.446 e. The molecule has 4 aromatic rings. The van der Waals surface area contributed by atoms with Crippen LogP contribution in [0.1, 0.15) is 41.4 Å². The van der Waals surface area contributed by atoms with Crippen LogP contribution < -0.4 is 10.6 Å². The minimum Gasteiger partial charge on any atom is -0.350 e. The molecular weight excluding hydrogens is 686 g/mol. The molecule has 0 aliphatic carbocycles. The molecule has 4 rings (SSSR count). The van der Waals surface area contributed by atoms with Crippen molar-refractivity contribution in [3.8, 4) is 22.4 Å². The van der Waals surface area contributed by atoms with Gasteiger partial charge in [0.05, 0.1) is 17.9 Å². The number of aromatic nitrogens is 1. The van der Waals surface area contributed by atoms with Gasteiger partial charge in [-0.2, -0.15) is 13.2 Å². The Labute approximate surface area is 269 Å². The number of nitrogens with one attached hydrogen (secondary N) is 2. The van der Waals surface area contributed by atoms with Crippen molar-refractivity contribution < 1.29 is 22.8 Å². The van der Waals surface area contributed by atoms with Gasteiger partial charge in [-0.05, 0) is 78.3 Å². The van der Waals surface area contributed by atoms with Crippen molar-refractivity contribution >= 4 is 62.7 Å². The van der Waals surface area contributed by atoms with Crippen molar-refractivity contribution in [3.63, 3.8) is 0 Å². The number of thioether (sulfide) groups is 1. The first-order valence-electron chi connectivity index (χ1n) is 13.1. The Morgan fingerprint density at radius 1 is 0.907 bits per heavy atom. The summed E-state index contributed by atoms with van der Waals surface area (Å²) in [4.78, 5) is 30.2. The van der Waals surface area contributed by atoms with Crippen molar-refractivity contribution in [3.05, 3.63) is 104 Å². The lowest BCUT2D eigenvalue weighted by molar-refractivity contribution is -0.121. The zero-order chi connectivity index (χ0) is 31.1. The number of hydrogen-bond donors (Lipinski definition) is 2. The lowest BCUT2D eigenvalue weighted by Crippen LogP contribution is -2.27. The highest BCUT2D eigenvalue weighted by Gasteiger charge is 2.29. The number of amides is 2. The topological polar surface area (TPSA) is 71.1 Å². The Morgan fingerprint density at radius 2 is 1.60 bits per heavy atom. The second-order valence-corrected chi connectivity index (χ2v) is 12.3. The van der Waals surface area contributed by atoms with E-state index < -0.39 is 11.4 Å². The number of pyridine rings is 1. The van der Waals surface area contributed by atoms with Crippen LogP contribution in [0.5, 0.6) is 0 Å². The van der Waals surface area contributed by atoms with E-state index in [0.717, 1.165) is 10.0 Å². The molecule has 2 N–H and O–H groups in total. The summed E-state index contributed by atoms with van der Waals surface area (Å²) in [7, 11) is 0. The molecule has 0 fully saturated rings. The quantitative estimate of drug-likeness (QED) is 0.161. The van der Waals surface area contributed by atoms with Crippen molar-refractivity contribution in [2.24, 2.45) is 0 Å². The van der Waals surface area contributed by atoms with Gasteiger partial charge >= 0.3 is 5.51 Å². The van der Waals surface area contributed by atoms with Gasteiger partial charge in [0, 0.05) is 54.6 Å². The summed E-state index contributed by atoms with van der Waals surface area (Å²) in [6.07, 6.45) is 1.04. The Balaban J connectivity index is 1.73. The fraction of sp³-hybridized carbons (Fsp3) is 0.194. The van der Waals surface area contributed by atoms with E-state index in [-0.39, 0.29) is 41.2 Å². The molecule has 0 spiro atoms. The molecule has 0 radical (unpaired) electrons. The summed E-state index contributed by atoms with van der Waals surface area (Å²) in [6.45, 7) is 2.05. The predicted octanol–water partition coefficient (Wildman–Crippen LogP) is 9.44. The molecule has 12 heteroatoms. The van der Waals surface area contributed by atoms with Crippen LogP contribution in [0.25, 0.3) is 22.4 Å². The van der Waals surface area contributed by atoms with Crippen molar-refractivity contribution in [2.45, 2.75) is 43.3 Å². The van der Waals surface area contributed by atoms with E-state index in [9.17, 15) is 22.8 Å². The second kappa shape index (κ2) is 14.6. The fourth-order valence-corrected chi connectivity index (χ4v) is 5.54. The third kappa shape index (κ3) is 9.22. The monoisotopic (exact) mass is 709 g/mol. The van der Waals surface area contributed by atoms with Gasteiger partial charge in [-0.15, -0.1) is 0 Å². The van der Waals surface area contributed by atoms with E-state index in [1.807, 2.05) is 37.3 Å². The Hall–Kier alpha value is -3.05. The molecule has 1 heterocycles. The Bertz CT molecular complexity index is 1620. The van der Waals surface area contributed by atoms with Crippen LogP contribution in [0.4, 0.5) is 13.2 Å². The minimum atomic E-state index is -4.42. The molecule has 0 saturated heterocycles. The van der Waals surface area contributed by atoms with Gasteiger partial charge in [0.2, 0.25) is 5.91 Å². The summed E-state index contributed by atoms with van der Waals surface area (Å²) in [6, 6.07) is 19.8. The van der Waals surface area contributed by atoms with Gasteiger partial charge in [-0.1, -0.05) is 64.3 Å². The van der Waals surface area contributed by atoms with Gasteiger partial charge in [0.15, 0.2) is 0 Å². The van der Waals surface area contributed by atoms with Crippen LogP contribution in [0.3, 0.4) is 0 Å². The van der Waals surface area contributed by atoms with Crippen LogP contribution in [-0.4, -0.2) is 22.3 Å². The molecule has 2 amide bonds. The van der Waals surface area contributed by atoms with Crippen molar-refractivity contribution in [2.75, 3.05) is 0 Å². The van der Waals surface area contributed by atoms with E-state index in [2.05, 4.69) is 26.6 Å². The first-order valence-corrected chi connectivity index (χ1v) is 15.4. The molecule has 0 bridgehead atoms. The molecule has 43 heavy (non-hydrogen) atoms. The molecular formula is C31H25BrCl2F3N3O2S. The molecule has 0 atom stereocenters. The average molecular weight is 711 g/mol. The van der Waals surface area contributed by atoms with Crippen molar-refractivity contribution in [1.82, 2.24) is 15.6 Å². The first-order chi connectivity index (χ1) is 20.4. The van der Waals surface area contributed by atoms with Gasteiger partial charge in [0.1, 0.15) is 0 Å². The zero-order valence-corrected chi connectivity index (χ0v) is 26.6. The molecule has 0 aliphatic rings. The molecule has 224 valence electrons. The third-order valence-electron chi connectivity index (χ3n) is 6.25. The number of benzene rings is 3. The molecule has 5 nitrogen and oxygen atoms in total. The van der Waals surface area contributed by atoms with Crippen LogP contribution in [-0.2, 0) is 17.9 Å². The van der Waals surface area contributed by atoms with Gasteiger partial charge in [-0.3, -0.25) is 9.59 Å². The predicted molar refractivity (Wildman–Crippen MR) is 169 cm³/mol. The van der Waals surface area contributed by atoms with Gasteiger partial charge < -0.3 is 10.6 Å². The maximum absolute atomic E-state index is 13.0. The zero-order valence-electron chi connectivity index (χ0n) is 22.7. The highest BCUT2D eigenvalue weighted by atomic mass is 79.9. The van der Waals surface area contributed by atoms with E-state index in [1.165, 1.54) is 24.3 Å².